The molecule has 0 aliphatic carbocycles. The zero-order valence-electron chi connectivity index (χ0n) is 16.0. The highest BCUT2D eigenvalue weighted by Crippen LogP contribution is 2.30. The van der Waals surface area contributed by atoms with Crippen LogP contribution < -0.4 is 9.47 Å². The van der Waals surface area contributed by atoms with Crippen molar-refractivity contribution in [2.45, 2.75) is 25.2 Å². The third-order valence-corrected chi connectivity index (χ3v) is 5.89. The first kappa shape index (κ1) is 21.8. The van der Waals surface area contributed by atoms with Gasteiger partial charge >= 0.3 is 0 Å². The second-order valence-electron chi connectivity index (χ2n) is 6.52. The Kier molecular flexibility index (Phi) is 7.50. The summed E-state index contributed by atoms with van der Waals surface area (Å²) >= 11 is 5.81. The summed E-state index contributed by atoms with van der Waals surface area (Å²) in [5.74, 6) is 1.56. The summed E-state index contributed by atoms with van der Waals surface area (Å²) in [5.41, 5.74) is 0.516. The van der Waals surface area contributed by atoms with E-state index in [0.29, 0.717) is 34.6 Å². The van der Waals surface area contributed by atoms with Crippen LogP contribution in [0.25, 0.3) is 6.08 Å². The Morgan fingerprint density at radius 2 is 1.86 bits per heavy atom. The van der Waals surface area contributed by atoms with Gasteiger partial charge < -0.3 is 9.47 Å². The van der Waals surface area contributed by atoms with E-state index in [-0.39, 0.29) is 9.80 Å². The Morgan fingerprint density at radius 3 is 2.43 bits per heavy atom. The summed E-state index contributed by atoms with van der Waals surface area (Å²) in [6, 6.07) is 12.5. The fourth-order valence-electron chi connectivity index (χ4n) is 2.36. The molecule has 0 atom stereocenters. The molecule has 148 valence electrons. The first-order chi connectivity index (χ1) is 13.3. The molecule has 0 aliphatic rings. The minimum absolute atomic E-state index is 0.00491. The fourth-order valence-corrected chi connectivity index (χ4v) is 3.65. The van der Waals surface area contributed by atoms with Crippen molar-refractivity contribution in [3.8, 4) is 17.6 Å². The first-order valence-electron chi connectivity index (χ1n) is 8.71. The van der Waals surface area contributed by atoms with Crippen molar-refractivity contribution in [3.05, 3.63) is 58.0 Å². The van der Waals surface area contributed by atoms with Crippen LogP contribution in [-0.4, -0.2) is 22.1 Å². The number of nitrogens with zero attached hydrogens (tertiary/aromatic N) is 1. The number of benzene rings is 2. The number of nitriles is 1. The molecule has 2 aromatic rings. The molecule has 0 unspecified atom stereocenters. The highest BCUT2D eigenvalue weighted by Gasteiger charge is 2.21. The normalized spacial score (nSPS) is 11.9. The number of halogens is 1. The van der Waals surface area contributed by atoms with Crippen molar-refractivity contribution >= 4 is 27.5 Å². The van der Waals surface area contributed by atoms with Gasteiger partial charge in [0.15, 0.2) is 11.5 Å². The third-order valence-electron chi connectivity index (χ3n) is 3.96. The standard InChI is InChI=1S/C21H22ClNO4S/c1-15(2)10-11-27-20-9-4-16(13-21(20)26-3)12-19(14-23)28(24,25)18-7-5-17(22)6-8-18/h4-9,12-13,15H,10-11H2,1-3H3. The molecule has 5 nitrogen and oxygen atoms in total. The van der Waals surface area contributed by atoms with E-state index in [1.807, 2.05) is 0 Å². The third kappa shape index (κ3) is 5.51. The monoisotopic (exact) mass is 419 g/mol. The van der Waals surface area contributed by atoms with Crippen LogP contribution >= 0.6 is 11.6 Å². The quantitative estimate of drug-likeness (QED) is 0.555. The second kappa shape index (κ2) is 9.63. The van der Waals surface area contributed by atoms with E-state index in [9.17, 15) is 13.7 Å². The van der Waals surface area contributed by atoms with E-state index in [1.54, 1.807) is 24.3 Å². The predicted octanol–water partition coefficient (Wildman–Crippen LogP) is 5.11. The molecule has 0 bridgehead atoms. The molecule has 2 rings (SSSR count). The largest absolute Gasteiger partial charge is 0.493 e. The Labute approximate surface area is 171 Å². The summed E-state index contributed by atoms with van der Waals surface area (Å²) < 4.78 is 36.5. The van der Waals surface area contributed by atoms with Crippen LogP contribution in [0.15, 0.2) is 52.3 Å². The number of sulfone groups is 1. The smallest absolute Gasteiger partial charge is 0.216 e. The van der Waals surface area contributed by atoms with Crippen LogP contribution in [0, 0.1) is 17.2 Å². The van der Waals surface area contributed by atoms with Crippen LogP contribution in [0.2, 0.25) is 5.02 Å². The van der Waals surface area contributed by atoms with E-state index in [0.717, 1.165) is 6.42 Å². The molecule has 0 radical (unpaired) electrons. The zero-order chi connectivity index (χ0) is 20.7. The van der Waals surface area contributed by atoms with Crippen molar-refractivity contribution in [2.75, 3.05) is 13.7 Å². The Balaban J connectivity index is 2.33. The summed E-state index contributed by atoms with van der Waals surface area (Å²) in [5, 5.41) is 9.82. The number of hydrogen-bond donors (Lipinski definition) is 0. The van der Waals surface area contributed by atoms with Crippen molar-refractivity contribution < 1.29 is 17.9 Å². The van der Waals surface area contributed by atoms with E-state index >= 15 is 0 Å². The van der Waals surface area contributed by atoms with Crippen molar-refractivity contribution in [2.24, 2.45) is 5.92 Å². The van der Waals surface area contributed by atoms with Gasteiger partial charge in [-0.15, -0.1) is 0 Å². The molecular formula is C21H22ClNO4S. The second-order valence-corrected chi connectivity index (χ2v) is 8.87. The lowest BCUT2D eigenvalue weighted by Crippen LogP contribution is -2.04. The fraction of sp³-hybridized carbons (Fsp3) is 0.286. The van der Waals surface area contributed by atoms with Gasteiger partial charge in [0.2, 0.25) is 9.84 Å². The van der Waals surface area contributed by atoms with E-state index in [2.05, 4.69) is 13.8 Å². The highest BCUT2D eigenvalue weighted by molar-refractivity contribution is 7.95. The molecule has 0 aliphatic heterocycles. The van der Waals surface area contributed by atoms with Crippen LogP contribution in [0.3, 0.4) is 0 Å². The number of rotatable bonds is 8. The molecule has 0 spiro atoms. The summed E-state index contributed by atoms with van der Waals surface area (Å²) in [6.45, 7) is 4.77. The van der Waals surface area contributed by atoms with Crippen LogP contribution in [0.4, 0.5) is 0 Å². The molecule has 0 saturated carbocycles. The SMILES string of the molecule is COc1cc(C=C(C#N)S(=O)(=O)c2ccc(Cl)cc2)ccc1OCCC(C)C. The summed E-state index contributed by atoms with van der Waals surface area (Å²) in [6.07, 6.45) is 2.22. The van der Waals surface area contributed by atoms with Gasteiger partial charge in [-0.1, -0.05) is 31.5 Å². The van der Waals surface area contributed by atoms with Gasteiger partial charge in [-0.25, -0.2) is 8.42 Å². The lowest BCUT2D eigenvalue weighted by Gasteiger charge is -2.12. The van der Waals surface area contributed by atoms with Crippen molar-refractivity contribution in [1.82, 2.24) is 0 Å². The Hall–Kier alpha value is -2.49. The van der Waals surface area contributed by atoms with Gasteiger partial charge in [-0.05, 0) is 60.4 Å². The zero-order valence-corrected chi connectivity index (χ0v) is 17.5. The van der Waals surface area contributed by atoms with Gasteiger partial charge in [0.05, 0.1) is 18.6 Å². The highest BCUT2D eigenvalue weighted by atomic mass is 35.5. The molecule has 0 heterocycles. The molecule has 0 aromatic heterocycles. The van der Waals surface area contributed by atoms with Crippen molar-refractivity contribution in [3.63, 3.8) is 0 Å². The lowest BCUT2D eigenvalue weighted by molar-refractivity contribution is 0.273. The maximum Gasteiger partial charge on any atom is 0.216 e. The topological polar surface area (TPSA) is 76.4 Å². The van der Waals surface area contributed by atoms with Gasteiger partial charge in [0, 0.05) is 5.02 Å². The Morgan fingerprint density at radius 1 is 1.18 bits per heavy atom. The summed E-state index contributed by atoms with van der Waals surface area (Å²) in [4.78, 5) is -0.365. The molecule has 0 amide bonds. The van der Waals surface area contributed by atoms with Crippen LogP contribution in [0.5, 0.6) is 11.5 Å². The first-order valence-corrected chi connectivity index (χ1v) is 10.6. The lowest BCUT2D eigenvalue weighted by atomic mass is 10.1. The number of allylic oxidation sites excluding steroid dienone is 1. The molecular weight excluding hydrogens is 398 g/mol. The Bertz CT molecular complexity index is 990. The number of ether oxygens (including phenoxy) is 2. The van der Waals surface area contributed by atoms with Gasteiger partial charge in [0.25, 0.3) is 0 Å². The van der Waals surface area contributed by atoms with Crippen molar-refractivity contribution in [1.29, 1.82) is 5.26 Å². The van der Waals surface area contributed by atoms with Gasteiger partial charge in [-0.3, -0.25) is 0 Å². The molecule has 0 saturated heterocycles. The average Bonchev–Trinajstić information content (AvgIpc) is 2.66. The molecule has 7 heteroatoms. The van der Waals surface area contributed by atoms with Crippen LogP contribution in [0.1, 0.15) is 25.8 Å². The maximum absolute atomic E-state index is 12.7. The average molecular weight is 420 g/mol. The van der Waals surface area contributed by atoms with E-state index < -0.39 is 9.84 Å². The molecule has 2 aromatic carbocycles. The number of methoxy groups -OCH3 is 1. The molecule has 0 fully saturated rings. The molecule has 0 N–H and O–H groups in total. The van der Waals surface area contributed by atoms with Crippen LogP contribution in [-0.2, 0) is 9.84 Å². The van der Waals surface area contributed by atoms with Gasteiger partial charge in [0.1, 0.15) is 11.0 Å². The minimum atomic E-state index is -3.95. The predicted molar refractivity (Wildman–Crippen MR) is 110 cm³/mol. The maximum atomic E-state index is 12.7. The minimum Gasteiger partial charge on any atom is -0.493 e. The number of hydrogen-bond acceptors (Lipinski definition) is 5. The van der Waals surface area contributed by atoms with E-state index in [1.165, 1.54) is 37.5 Å². The van der Waals surface area contributed by atoms with Gasteiger partial charge in [-0.2, -0.15) is 5.26 Å². The molecule has 28 heavy (non-hydrogen) atoms. The van der Waals surface area contributed by atoms with E-state index in [4.69, 9.17) is 21.1 Å². The summed E-state index contributed by atoms with van der Waals surface area (Å²) in [7, 11) is -2.44.